The number of aromatic carboxylic acids is 1. The maximum absolute atomic E-state index is 11.5. The lowest BCUT2D eigenvalue weighted by molar-refractivity contribution is 0.0696. The predicted molar refractivity (Wildman–Crippen MR) is 57.4 cm³/mol. The maximum atomic E-state index is 11.5. The maximum Gasteiger partial charge on any atom is 0.337 e. The first kappa shape index (κ1) is 12.0. The summed E-state index contributed by atoms with van der Waals surface area (Å²) in [6.45, 7) is 5.53. The highest BCUT2D eigenvalue weighted by molar-refractivity contribution is 5.90. The Labute approximate surface area is 92.4 Å². The van der Waals surface area contributed by atoms with Gasteiger partial charge in [-0.25, -0.2) is 4.79 Å². The molecule has 16 heavy (non-hydrogen) atoms. The standard InChI is InChI=1S/C11H12N2O3/c1-11(2,3)8-4-6(10(15)16)7(5-12)9(14)13-8/h4H,1-3H3,(H,13,14)(H,15,16). The van der Waals surface area contributed by atoms with Crippen molar-refractivity contribution in [2.75, 3.05) is 0 Å². The molecule has 5 nitrogen and oxygen atoms in total. The molecule has 5 heteroatoms. The van der Waals surface area contributed by atoms with Crippen LogP contribution in [0.3, 0.4) is 0 Å². The largest absolute Gasteiger partial charge is 0.478 e. The fraction of sp³-hybridized carbons (Fsp3) is 0.364. The van der Waals surface area contributed by atoms with Crippen molar-refractivity contribution in [2.45, 2.75) is 26.2 Å². The van der Waals surface area contributed by atoms with Gasteiger partial charge < -0.3 is 10.1 Å². The molecule has 0 bridgehead atoms. The third-order valence-corrected chi connectivity index (χ3v) is 2.18. The number of carboxylic acid groups (broad SMARTS) is 1. The molecule has 0 aliphatic heterocycles. The molecule has 0 amide bonds. The van der Waals surface area contributed by atoms with Gasteiger partial charge in [0.2, 0.25) is 0 Å². The van der Waals surface area contributed by atoms with Crippen LogP contribution in [0.4, 0.5) is 0 Å². The summed E-state index contributed by atoms with van der Waals surface area (Å²) in [5, 5.41) is 17.6. The number of nitrogens with zero attached hydrogens (tertiary/aromatic N) is 1. The van der Waals surface area contributed by atoms with Crippen molar-refractivity contribution in [1.82, 2.24) is 4.98 Å². The molecule has 84 valence electrons. The summed E-state index contributed by atoms with van der Waals surface area (Å²) in [4.78, 5) is 24.9. The summed E-state index contributed by atoms with van der Waals surface area (Å²) in [5.41, 5.74) is -1.16. The zero-order valence-electron chi connectivity index (χ0n) is 9.29. The first-order chi connectivity index (χ1) is 7.27. The number of nitriles is 1. The van der Waals surface area contributed by atoms with Gasteiger partial charge in [-0.2, -0.15) is 5.26 Å². The van der Waals surface area contributed by atoms with Crippen LogP contribution in [0.5, 0.6) is 0 Å². The van der Waals surface area contributed by atoms with Crippen molar-refractivity contribution < 1.29 is 9.90 Å². The Bertz CT molecular complexity index is 530. The quantitative estimate of drug-likeness (QED) is 0.744. The van der Waals surface area contributed by atoms with Gasteiger partial charge in [-0.3, -0.25) is 4.79 Å². The van der Waals surface area contributed by atoms with Gasteiger partial charge in [-0.15, -0.1) is 0 Å². The summed E-state index contributed by atoms with van der Waals surface area (Å²) in [7, 11) is 0. The first-order valence-electron chi connectivity index (χ1n) is 4.68. The highest BCUT2D eigenvalue weighted by Crippen LogP contribution is 2.20. The Morgan fingerprint density at radius 2 is 2.06 bits per heavy atom. The third-order valence-electron chi connectivity index (χ3n) is 2.18. The fourth-order valence-corrected chi connectivity index (χ4v) is 1.24. The molecule has 0 saturated carbocycles. The number of aromatic nitrogens is 1. The van der Waals surface area contributed by atoms with Crippen LogP contribution in [0.1, 0.15) is 42.4 Å². The van der Waals surface area contributed by atoms with Crippen LogP contribution in [0, 0.1) is 11.3 Å². The van der Waals surface area contributed by atoms with Gasteiger partial charge in [0.15, 0.2) is 0 Å². The minimum Gasteiger partial charge on any atom is -0.478 e. The van der Waals surface area contributed by atoms with Gasteiger partial charge >= 0.3 is 5.97 Å². The number of carboxylic acids is 1. The molecule has 0 aliphatic carbocycles. The fourth-order valence-electron chi connectivity index (χ4n) is 1.24. The van der Waals surface area contributed by atoms with Gasteiger partial charge in [0.1, 0.15) is 11.6 Å². The third kappa shape index (κ3) is 2.11. The Balaban J connectivity index is 3.61. The second kappa shape index (κ2) is 3.81. The van der Waals surface area contributed by atoms with Gasteiger partial charge in [0, 0.05) is 11.1 Å². The topological polar surface area (TPSA) is 93.9 Å². The van der Waals surface area contributed by atoms with Crippen molar-refractivity contribution in [3.05, 3.63) is 33.2 Å². The molecule has 0 aliphatic rings. The van der Waals surface area contributed by atoms with Crippen molar-refractivity contribution in [3.63, 3.8) is 0 Å². The van der Waals surface area contributed by atoms with E-state index in [1.807, 2.05) is 20.8 Å². The van der Waals surface area contributed by atoms with Crippen LogP contribution < -0.4 is 5.56 Å². The monoisotopic (exact) mass is 220 g/mol. The molecule has 0 spiro atoms. The van der Waals surface area contributed by atoms with Gasteiger partial charge in [0.25, 0.3) is 5.56 Å². The van der Waals surface area contributed by atoms with Crippen LogP contribution in [0.25, 0.3) is 0 Å². The van der Waals surface area contributed by atoms with Crippen molar-refractivity contribution >= 4 is 5.97 Å². The van der Waals surface area contributed by atoms with Crippen LogP contribution in [0.2, 0.25) is 0 Å². The highest BCUT2D eigenvalue weighted by atomic mass is 16.4. The number of aromatic amines is 1. The Morgan fingerprint density at radius 1 is 1.50 bits per heavy atom. The lowest BCUT2D eigenvalue weighted by Crippen LogP contribution is -2.24. The van der Waals surface area contributed by atoms with E-state index in [9.17, 15) is 9.59 Å². The Hall–Kier alpha value is -2.09. The highest BCUT2D eigenvalue weighted by Gasteiger charge is 2.21. The number of H-pyrrole nitrogens is 1. The molecular weight excluding hydrogens is 208 g/mol. The first-order valence-corrected chi connectivity index (χ1v) is 4.68. The molecular formula is C11H12N2O3. The smallest absolute Gasteiger partial charge is 0.337 e. The van der Waals surface area contributed by atoms with Crippen LogP contribution in [0.15, 0.2) is 10.9 Å². The summed E-state index contributed by atoms with van der Waals surface area (Å²) in [6, 6.07) is 2.93. The van der Waals surface area contributed by atoms with Crippen molar-refractivity contribution in [2.24, 2.45) is 0 Å². The van der Waals surface area contributed by atoms with Crippen molar-refractivity contribution in [1.29, 1.82) is 5.26 Å². The number of pyridine rings is 1. The van der Waals surface area contributed by atoms with E-state index < -0.39 is 11.5 Å². The van der Waals surface area contributed by atoms with E-state index in [1.54, 1.807) is 6.07 Å². The summed E-state index contributed by atoms with van der Waals surface area (Å²) >= 11 is 0. The van der Waals surface area contributed by atoms with E-state index >= 15 is 0 Å². The van der Waals surface area contributed by atoms with Gasteiger partial charge in [-0.1, -0.05) is 20.8 Å². The molecule has 0 radical (unpaired) electrons. The molecule has 0 unspecified atom stereocenters. The summed E-state index contributed by atoms with van der Waals surface area (Å²) in [5.74, 6) is -1.27. The van der Waals surface area contributed by atoms with Crippen LogP contribution in [-0.2, 0) is 5.41 Å². The number of hydrogen-bond donors (Lipinski definition) is 2. The number of nitrogens with one attached hydrogen (secondary N) is 1. The molecule has 1 rings (SSSR count). The normalized spacial score (nSPS) is 10.9. The lowest BCUT2D eigenvalue weighted by Gasteiger charge is -2.18. The number of rotatable bonds is 1. The SMILES string of the molecule is CC(C)(C)c1cc(C(=O)O)c(C#N)c(=O)[nH]1. The predicted octanol–water partition coefficient (Wildman–Crippen LogP) is 1.24. The van der Waals surface area contributed by atoms with E-state index in [4.69, 9.17) is 10.4 Å². The van der Waals surface area contributed by atoms with Gasteiger partial charge in [-0.05, 0) is 6.07 Å². The summed E-state index contributed by atoms with van der Waals surface area (Å²) < 4.78 is 0. The Morgan fingerprint density at radius 3 is 2.44 bits per heavy atom. The molecule has 1 heterocycles. The molecule has 2 N–H and O–H groups in total. The number of hydrogen-bond acceptors (Lipinski definition) is 3. The minimum atomic E-state index is -1.27. The average molecular weight is 220 g/mol. The van der Waals surface area contributed by atoms with E-state index in [0.29, 0.717) is 5.69 Å². The molecule has 1 aromatic heterocycles. The molecule has 0 aromatic carbocycles. The number of carbonyl (C=O) groups is 1. The lowest BCUT2D eigenvalue weighted by atomic mass is 9.90. The summed E-state index contributed by atoms with van der Waals surface area (Å²) in [6.07, 6.45) is 0. The minimum absolute atomic E-state index is 0.254. The molecule has 0 atom stereocenters. The van der Waals surface area contributed by atoms with Gasteiger partial charge in [0.05, 0.1) is 5.56 Å². The zero-order chi connectivity index (χ0) is 12.5. The van der Waals surface area contributed by atoms with E-state index in [-0.39, 0.29) is 16.5 Å². The van der Waals surface area contributed by atoms with Crippen LogP contribution in [-0.4, -0.2) is 16.1 Å². The Kier molecular flexibility index (Phi) is 2.86. The van der Waals surface area contributed by atoms with Crippen LogP contribution >= 0.6 is 0 Å². The molecule has 0 saturated heterocycles. The second-order valence-electron chi connectivity index (χ2n) is 4.47. The molecule has 1 aromatic rings. The van der Waals surface area contributed by atoms with E-state index in [1.165, 1.54) is 6.07 Å². The average Bonchev–Trinajstić information content (AvgIpc) is 2.14. The molecule has 0 fully saturated rings. The van der Waals surface area contributed by atoms with E-state index in [2.05, 4.69) is 4.98 Å². The zero-order valence-corrected chi connectivity index (χ0v) is 9.29. The van der Waals surface area contributed by atoms with E-state index in [0.717, 1.165) is 0 Å². The van der Waals surface area contributed by atoms with Crippen molar-refractivity contribution in [3.8, 4) is 6.07 Å². The second-order valence-corrected chi connectivity index (χ2v) is 4.47.